The van der Waals surface area contributed by atoms with Crippen molar-refractivity contribution < 1.29 is 146 Å². The number of carbonyl (C=O) groups is 8. The number of aliphatic hydroxyl groups excluding tert-OH is 6. The van der Waals surface area contributed by atoms with Crippen molar-refractivity contribution in [3.05, 3.63) is 120 Å². The Morgan fingerprint density at radius 1 is 0.385 bits per heavy atom. The SMILES string of the molecule is CC(=O)N[C@@H]1[C@@H](O)C[C@](OCCCSCCOCCOCCOCCOCCOCCNC(=O)CCCCNC(=O)CCOCCOCCOCCOCCOCCSCCCO[C@]2(C(=O)O)C[C@H](O)[C@@H](NC(C)=O)[C@H](C(O)[C@H](O)CNC(=O)c3ccc(-c4ccccc4)cc3)O2)(C(=O)O)O[C@H]1C(O)[C@H](O)CNC(=O)c1ccc(-c2ccccc2)cc1. The molecule has 0 saturated carbocycles. The summed E-state index contributed by atoms with van der Waals surface area (Å²) in [7, 11) is 0. The van der Waals surface area contributed by atoms with Crippen LogP contribution in [0.2, 0.25) is 0 Å². The molecule has 2 aliphatic heterocycles. The first kappa shape index (κ1) is 103. The Morgan fingerprint density at radius 2 is 0.713 bits per heavy atom. The summed E-state index contributed by atoms with van der Waals surface area (Å²) in [5, 5.41) is 103. The molecule has 0 radical (unpaired) electrons. The summed E-state index contributed by atoms with van der Waals surface area (Å²) in [6.07, 6.45) is -12.2. The van der Waals surface area contributed by atoms with Gasteiger partial charge in [0.1, 0.15) is 24.4 Å². The van der Waals surface area contributed by atoms with E-state index < -0.39 is 134 Å². The second-order valence-corrected chi connectivity index (χ2v) is 30.8. The number of unbranched alkanes of at least 4 members (excludes halogenated alkanes) is 1. The van der Waals surface area contributed by atoms with Crippen LogP contribution >= 0.6 is 23.5 Å². The van der Waals surface area contributed by atoms with Crippen molar-refractivity contribution in [2.75, 3.05) is 195 Å². The Morgan fingerprint density at radius 3 is 1.07 bits per heavy atom. The van der Waals surface area contributed by atoms with Gasteiger partial charge in [-0.3, -0.25) is 28.8 Å². The number of aliphatic hydroxyl groups is 6. The normalized spacial score (nSPS) is 19.9. The molecule has 0 spiro atoms. The Balaban J connectivity index is 0.635. The van der Waals surface area contributed by atoms with Crippen LogP contribution < -0.4 is 31.9 Å². The lowest BCUT2D eigenvalue weighted by molar-refractivity contribution is -0.310. The zero-order valence-corrected chi connectivity index (χ0v) is 71.0. The highest BCUT2D eigenvalue weighted by molar-refractivity contribution is 7.99. The predicted octanol–water partition coefficient (Wildman–Crippen LogP) is 1.73. The number of amides is 6. The predicted molar refractivity (Wildman–Crippen MR) is 448 cm³/mol. The molecule has 14 N–H and O–H groups in total. The number of ether oxygens (including phenoxy) is 14. The fourth-order valence-corrected chi connectivity index (χ4v) is 14.0. The van der Waals surface area contributed by atoms with Crippen LogP contribution in [0.25, 0.3) is 22.3 Å². The first-order valence-electron chi connectivity index (χ1n) is 41.1. The van der Waals surface area contributed by atoms with Crippen molar-refractivity contribution in [2.45, 2.75) is 138 Å². The molecule has 2 fully saturated rings. The number of carboxylic acids is 2. The topological polar surface area (TPSA) is 500 Å². The summed E-state index contributed by atoms with van der Waals surface area (Å²) >= 11 is 3.09. The number of thioether (sulfide) groups is 2. The third-order valence-electron chi connectivity index (χ3n) is 18.9. The molecule has 0 bridgehead atoms. The van der Waals surface area contributed by atoms with Crippen molar-refractivity contribution in [1.82, 2.24) is 31.9 Å². The molecule has 6 rings (SSSR count). The van der Waals surface area contributed by atoms with Crippen LogP contribution in [0, 0.1) is 0 Å². The molecule has 38 heteroatoms. The van der Waals surface area contributed by atoms with E-state index in [-0.39, 0.29) is 43.6 Å². The highest BCUT2D eigenvalue weighted by Gasteiger charge is 2.57. The summed E-state index contributed by atoms with van der Waals surface area (Å²) in [5.74, 6) is -8.14. The van der Waals surface area contributed by atoms with E-state index in [2.05, 4.69) is 31.9 Å². The maximum atomic E-state index is 13.0. The molecule has 4 aromatic carbocycles. The molecule has 2 aliphatic rings. The van der Waals surface area contributed by atoms with Gasteiger partial charge in [0.2, 0.25) is 23.6 Å². The molecule has 2 heterocycles. The number of benzene rings is 4. The van der Waals surface area contributed by atoms with E-state index in [4.69, 9.17) is 66.3 Å². The maximum Gasteiger partial charge on any atom is 0.364 e. The lowest BCUT2D eigenvalue weighted by Gasteiger charge is -2.46. The second-order valence-electron chi connectivity index (χ2n) is 28.4. The van der Waals surface area contributed by atoms with Gasteiger partial charge in [-0.1, -0.05) is 84.9 Å². The van der Waals surface area contributed by atoms with Crippen molar-refractivity contribution in [2.24, 2.45) is 0 Å². The van der Waals surface area contributed by atoms with Gasteiger partial charge in [-0.2, -0.15) is 23.5 Å². The van der Waals surface area contributed by atoms with Gasteiger partial charge >= 0.3 is 11.9 Å². The number of nitrogens with one attached hydrogen (secondary N) is 6. The molecule has 4 aromatic rings. The van der Waals surface area contributed by atoms with Gasteiger partial charge in [-0.25, -0.2) is 9.59 Å². The molecule has 2 unspecified atom stereocenters. The van der Waals surface area contributed by atoms with Crippen molar-refractivity contribution in [3.8, 4) is 22.3 Å². The molecule has 0 aliphatic carbocycles. The Hall–Kier alpha value is -7.46. The Kier molecular flexibility index (Phi) is 51.0. The Bertz CT molecular complexity index is 3620. The molecule has 6 amide bonds. The summed E-state index contributed by atoms with van der Waals surface area (Å²) in [4.78, 5) is 99.9. The highest BCUT2D eigenvalue weighted by atomic mass is 32.2. The van der Waals surface area contributed by atoms with Gasteiger partial charge in [-0.15, -0.1) is 0 Å². The molecule has 0 aromatic heterocycles. The van der Waals surface area contributed by atoms with Crippen LogP contribution in [0.15, 0.2) is 109 Å². The quantitative estimate of drug-likeness (QED) is 0.0280. The number of rotatable bonds is 67. The number of hydrogen-bond acceptors (Lipinski definition) is 30. The summed E-state index contributed by atoms with van der Waals surface area (Å²) in [6, 6.07) is 30.0. The van der Waals surface area contributed by atoms with E-state index in [1.54, 1.807) is 72.1 Å². The average molecular weight is 1760 g/mol. The van der Waals surface area contributed by atoms with Crippen LogP contribution in [0.1, 0.15) is 85.9 Å². The average Bonchev–Trinajstić information content (AvgIpc) is 0.772. The Labute approximate surface area is 719 Å². The summed E-state index contributed by atoms with van der Waals surface area (Å²) in [6.45, 7) is 9.18. The van der Waals surface area contributed by atoms with Crippen molar-refractivity contribution >= 4 is 70.9 Å². The van der Waals surface area contributed by atoms with Crippen LogP contribution in [-0.4, -0.2) is 355 Å². The van der Waals surface area contributed by atoms with Crippen LogP contribution in [0.5, 0.6) is 0 Å². The summed E-state index contributed by atoms with van der Waals surface area (Å²) in [5.41, 5.74) is 4.28. The molecule has 682 valence electrons. The second kappa shape index (κ2) is 60.2. The third kappa shape index (κ3) is 39.8. The minimum atomic E-state index is -2.42. The van der Waals surface area contributed by atoms with E-state index in [9.17, 15) is 79.2 Å². The lowest BCUT2D eigenvalue weighted by atomic mass is 9.88. The first-order chi connectivity index (χ1) is 59.0. The van der Waals surface area contributed by atoms with Gasteiger partial charge in [-0.05, 0) is 83.7 Å². The molecular formula is C84H124N6O30S2. The minimum Gasteiger partial charge on any atom is -0.477 e. The number of carboxylic acid groups (broad SMARTS) is 2. The zero-order valence-electron chi connectivity index (χ0n) is 69.4. The van der Waals surface area contributed by atoms with E-state index in [1.807, 2.05) is 60.7 Å². The molecule has 2 saturated heterocycles. The molecule has 12 atom stereocenters. The third-order valence-corrected chi connectivity index (χ3v) is 21.0. The van der Waals surface area contributed by atoms with Crippen LogP contribution in [0.3, 0.4) is 0 Å². The van der Waals surface area contributed by atoms with Crippen LogP contribution in [-0.2, 0) is 95.1 Å². The van der Waals surface area contributed by atoms with Gasteiger partial charge in [0, 0.05) is 88.3 Å². The van der Waals surface area contributed by atoms with Crippen molar-refractivity contribution in [3.63, 3.8) is 0 Å². The lowest BCUT2D eigenvalue weighted by Crippen LogP contribution is -2.68. The smallest absolute Gasteiger partial charge is 0.364 e. The molecular weight excluding hydrogens is 1640 g/mol. The number of carbonyl (C=O) groups excluding carboxylic acids is 6. The van der Waals surface area contributed by atoms with E-state index in [1.165, 1.54) is 13.8 Å². The van der Waals surface area contributed by atoms with E-state index >= 15 is 0 Å². The van der Waals surface area contributed by atoms with Crippen LogP contribution in [0.4, 0.5) is 0 Å². The van der Waals surface area contributed by atoms with Gasteiger partial charge in [0.25, 0.3) is 23.4 Å². The fraction of sp³-hybridized carbons (Fsp3) is 0.619. The van der Waals surface area contributed by atoms with Gasteiger partial charge < -0.3 is 139 Å². The number of hydrogen-bond donors (Lipinski definition) is 14. The minimum absolute atomic E-state index is 0.0980. The highest BCUT2D eigenvalue weighted by Crippen LogP contribution is 2.36. The maximum absolute atomic E-state index is 13.0. The molecule has 122 heavy (non-hydrogen) atoms. The molecule has 36 nitrogen and oxygen atoms in total. The van der Waals surface area contributed by atoms with E-state index in [0.29, 0.717) is 199 Å². The fourth-order valence-electron chi connectivity index (χ4n) is 12.5. The van der Waals surface area contributed by atoms with Crippen molar-refractivity contribution in [1.29, 1.82) is 0 Å². The monoisotopic (exact) mass is 1760 g/mol. The standard InChI is InChI=1S/C84H124N6O30S2/c1-59(91)89-73-67(93)55-83(81(103)104,119-77(73)75(99)69(95)57-87-79(101)65-22-18-63(19-23-65)61-13-5-3-6-14-61)117-29-11-51-121-53-49-115-47-45-113-43-41-111-39-37-109-35-33-107-31-26-72(98)85-27-10-9-17-71(97)86-28-32-108-34-36-110-38-40-112-42-44-114-46-48-116-50-54-122-52-12-30-118-84(82(105)106)56-68(94)74(90-60(2)92)78(120-84)76(100)70(96)58-88-80(102)66-24-20-64(21-25-66)62-15-7-4-8-16-62/h3-8,13-16,18-25,67-70,73-78,93-96,99-100H,9-12,17,26-58H2,1-2H3,(H,85,98)(H,86,97)(H,87,101)(H,88,102)(H,89,91)(H,90,92)(H,103,104)(H,105,106)/t67-,68-,69+,70+,73+,74+,75?,76?,77+,78+,83+,84+/m0/s1. The first-order valence-corrected chi connectivity index (χ1v) is 43.4. The van der Waals surface area contributed by atoms with Gasteiger partial charge in [0.05, 0.1) is 182 Å². The summed E-state index contributed by atoms with van der Waals surface area (Å²) < 4.78 is 78.7. The largest absolute Gasteiger partial charge is 0.477 e. The number of aliphatic carboxylic acids is 2. The zero-order chi connectivity index (χ0) is 88.0. The van der Waals surface area contributed by atoms with Gasteiger partial charge in [0.15, 0.2) is 0 Å². The van der Waals surface area contributed by atoms with E-state index in [0.717, 1.165) is 22.3 Å².